The first-order valence-electron chi connectivity index (χ1n) is 4.90. The summed E-state index contributed by atoms with van der Waals surface area (Å²) in [5, 5.41) is 0. The number of furan rings is 1. The summed E-state index contributed by atoms with van der Waals surface area (Å²) in [5.74, 6) is 0.199. The molecule has 1 heterocycles. The van der Waals surface area contributed by atoms with Crippen LogP contribution in [0, 0.1) is 0 Å². The maximum Gasteiger partial charge on any atom is 0.166 e. The van der Waals surface area contributed by atoms with Gasteiger partial charge in [-0.25, -0.2) is 0 Å². The van der Waals surface area contributed by atoms with Gasteiger partial charge >= 0.3 is 0 Å². The Morgan fingerprint density at radius 3 is 2.85 bits per heavy atom. The zero-order valence-corrected chi connectivity index (χ0v) is 8.08. The topological polar surface area (TPSA) is 30.2 Å². The van der Waals surface area contributed by atoms with E-state index >= 15 is 0 Å². The van der Waals surface area contributed by atoms with Crippen LogP contribution in [0.5, 0.6) is 0 Å². The number of hydrogen-bond donors (Lipinski definition) is 0. The van der Waals surface area contributed by atoms with Gasteiger partial charge in [-0.3, -0.25) is 4.79 Å². The molecule has 0 fully saturated rings. The number of unbranched alkanes of at least 4 members (excludes halogenated alkanes) is 3. The van der Waals surface area contributed by atoms with Crippen LogP contribution in [0.15, 0.2) is 23.0 Å². The van der Waals surface area contributed by atoms with E-state index in [1.165, 1.54) is 19.1 Å². The van der Waals surface area contributed by atoms with Crippen LogP contribution in [0.2, 0.25) is 0 Å². The third-order valence-corrected chi connectivity index (χ3v) is 2.10. The molecule has 0 N–H and O–H groups in total. The minimum Gasteiger partial charge on any atom is -0.472 e. The molecule has 72 valence electrons. The Labute approximate surface area is 78.9 Å². The van der Waals surface area contributed by atoms with E-state index in [2.05, 4.69) is 6.92 Å². The van der Waals surface area contributed by atoms with Crippen LogP contribution >= 0.6 is 0 Å². The molecule has 2 nitrogen and oxygen atoms in total. The van der Waals surface area contributed by atoms with Crippen molar-refractivity contribution in [3.05, 3.63) is 24.2 Å². The minimum absolute atomic E-state index is 0.199. The lowest BCUT2D eigenvalue weighted by molar-refractivity contribution is 0.0978. The lowest BCUT2D eigenvalue weighted by Crippen LogP contribution is -1.96. The minimum atomic E-state index is 0.199. The Morgan fingerprint density at radius 2 is 2.23 bits per heavy atom. The Bertz CT molecular complexity index is 237. The van der Waals surface area contributed by atoms with Crippen molar-refractivity contribution < 1.29 is 9.21 Å². The van der Waals surface area contributed by atoms with E-state index in [1.54, 1.807) is 12.3 Å². The summed E-state index contributed by atoms with van der Waals surface area (Å²) in [4.78, 5) is 11.4. The highest BCUT2D eigenvalue weighted by atomic mass is 16.3. The molecule has 1 aromatic rings. The normalized spacial score (nSPS) is 10.2. The third-order valence-electron chi connectivity index (χ3n) is 2.10. The van der Waals surface area contributed by atoms with Gasteiger partial charge < -0.3 is 4.42 Å². The summed E-state index contributed by atoms with van der Waals surface area (Å²) in [6, 6.07) is 1.72. The van der Waals surface area contributed by atoms with Crippen molar-refractivity contribution in [2.24, 2.45) is 0 Å². The van der Waals surface area contributed by atoms with Crippen LogP contribution in [0.1, 0.15) is 49.4 Å². The third kappa shape index (κ3) is 3.45. The SMILES string of the molecule is CCCCCCC(=O)c1ccoc1. The second-order valence-electron chi connectivity index (χ2n) is 3.25. The van der Waals surface area contributed by atoms with E-state index < -0.39 is 0 Å². The highest BCUT2D eigenvalue weighted by molar-refractivity contribution is 5.95. The van der Waals surface area contributed by atoms with Gasteiger partial charge in [-0.05, 0) is 12.5 Å². The van der Waals surface area contributed by atoms with Crippen LogP contribution < -0.4 is 0 Å². The second-order valence-corrected chi connectivity index (χ2v) is 3.25. The molecular weight excluding hydrogens is 164 g/mol. The van der Waals surface area contributed by atoms with Crippen LogP contribution in [-0.2, 0) is 0 Å². The first-order valence-corrected chi connectivity index (χ1v) is 4.90. The van der Waals surface area contributed by atoms with Crippen molar-refractivity contribution in [2.45, 2.75) is 39.0 Å². The first-order chi connectivity index (χ1) is 6.34. The van der Waals surface area contributed by atoms with Crippen LogP contribution in [-0.4, -0.2) is 5.78 Å². The Hall–Kier alpha value is -1.05. The van der Waals surface area contributed by atoms with Gasteiger partial charge in [-0.1, -0.05) is 26.2 Å². The molecule has 0 saturated carbocycles. The highest BCUT2D eigenvalue weighted by Gasteiger charge is 2.05. The second kappa shape index (κ2) is 5.57. The van der Waals surface area contributed by atoms with Gasteiger partial charge in [0.25, 0.3) is 0 Å². The van der Waals surface area contributed by atoms with Crippen LogP contribution in [0.25, 0.3) is 0 Å². The standard InChI is InChI=1S/C11H16O2/c1-2-3-4-5-6-11(12)10-7-8-13-9-10/h7-9H,2-6H2,1H3. The Kier molecular flexibility index (Phi) is 4.30. The highest BCUT2D eigenvalue weighted by Crippen LogP contribution is 2.09. The van der Waals surface area contributed by atoms with E-state index in [1.807, 2.05) is 0 Å². The van der Waals surface area contributed by atoms with E-state index in [4.69, 9.17) is 4.42 Å². The van der Waals surface area contributed by atoms with Crippen LogP contribution in [0.3, 0.4) is 0 Å². The maximum atomic E-state index is 11.4. The smallest absolute Gasteiger partial charge is 0.166 e. The Morgan fingerprint density at radius 1 is 1.38 bits per heavy atom. The van der Waals surface area contributed by atoms with Crippen molar-refractivity contribution >= 4 is 5.78 Å². The van der Waals surface area contributed by atoms with Crippen molar-refractivity contribution in [2.75, 3.05) is 0 Å². The van der Waals surface area contributed by atoms with Gasteiger partial charge in [0.05, 0.1) is 11.8 Å². The number of hydrogen-bond acceptors (Lipinski definition) is 2. The fraction of sp³-hybridized carbons (Fsp3) is 0.545. The van der Waals surface area contributed by atoms with Gasteiger partial charge in [0, 0.05) is 6.42 Å². The average molecular weight is 180 g/mol. The molecular formula is C11H16O2. The maximum absolute atomic E-state index is 11.4. The molecule has 1 aromatic heterocycles. The van der Waals surface area contributed by atoms with Gasteiger partial charge in [-0.15, -0.1) is 0 Å². The molecule has 0 amide bonds. The van der Waals surface area contributed by atoms with Crippen molar-refractivity contribution in [3.63, 3.8) is 0 Å². The van der Waals surface area contributed by atoms with E-state index in [-0.39, 0.29) is 5.78 Å². The summed E-state index contributed by atoms with van der Waals surface area (Å²) in [6.07, 6.45) is 8.29. The number of carbonyl (C=O) groups excluding carboxylic acids is 1. The van der Waals surface area contributed by atoms with Gasteiger partial charge in [0.2, 0.25) is 0 Å². The van der Waals surface area contributed by atoms with Gasteiger partial charge in [0.15, 0.2) is 5.78 Å². The van der Waals surface area contributed by atoms with Crippen molar-refractivity contribution in [3.8, 4) is 0 Å². The molecule has 0 aliphatic carbocycles. The van der Waals surface area contributed by atoms with Gasteiger partial charge in [-0.2, -0.15) is 0 Å². The summed E-state index contributed by atoms with van der Waals surface area (Å²) >= 11 is 0. The fourth-order valence-corrected chi connectivity index (χ4v) is 1.28. The lowest BCUT2D eigenvalue weighted by Gasteiger charge is -1.96. The number of carbonyl (C=O) groups is 1. The number of Topliss-reactive ketones (excluding diaryl/α,β-unsaturated/α-hetero) is 1. The number of rotatable bonds is 6. The Balaban J connectivity index is 2.19. The molecule has 0 spiro atoms. The molecule has 0 radical (unpaired) electrons. The predicted molar refractivity (Wildman–Crippen MR) is 51.8 cm³/mol. The largest absolute Gasteiger partial charge is 0.472 e. The summed E-state index contributed by atoms with van der Waals surface area (Å²) in [7, 11) is 0. The summed E-state index contributed by atoms with van der Waals surface area (Å²) in [5.41, 5.74) is 0.705. The molecule has 0 aliphatic heterocycles. The summed E-state index contributed by atoms with van der Waals surface area (Å²) in [6.45, 7) is 2.16. The molecule has 0 aliphatic rings. The molecule has 1 rings (SSSR count). The van der Waals surface area contributed by atoms with Gasteiger partial charge in [0.1, 0.15) is 6.26 Å². The van der Waals surface area contributed by atoms with Crippen molar-refractivity contribution in [1.82, 2.24) is 0 Å². The van der Waals surface area contributed by atoms with Crippen LogP contribution in [0.4, 0.5) is 0 Å². The summed E-state index contributed by atoms with van der Waals surface area (Å²) < 4.78 is 4.84. The monoisotopic (exact) mass is 180 g/mol. The van der Waals surface area contributed by atoms with E-state index in [0.29, 0.717) is 12.0 Å². The zero-order chi connectivity index (χ0) is 9.52. The number of ketones is 1. The van der Waals surface area contributed by atoms with Crippen molar-refractivity contribution in [1.29, 1.82) is 0 Å². The first kappa shape index (κ1) is 10.0. The molecule has 2 heteroatoms. The predicted octanol–water partition coefficient (Wildman–Crippen LogP) is 3.43. The molecule has 0 unspecified atom stereocenters. The molecule has 0 bridgehead atoms. The fourth-order valence-electron chi connectivity index (χ4n) is 1.28. The molecule has 0 atom stereocenters. The molecule has 13 heavy (non-hydrogen) atoms. The average Bonchev–Trinajstić information content (AvgIpc) is 2.65. The molecule has 0 saturated heterocycles. The zero-order valence-electron chi connectivity index (χ0n) is 8.08. The van der Waals surface area contributed by atoms with E-state index in [0.717, 1.165) is 12.8 Å². The molecule has 0 aromatic carbocycles. The quantitative estimate of drug-likeness (QED) is 0.496. The van der Waals surface area contributed by atoms with E-state index in [9.17, 15) is 4.79 Å². The lowest BCUT2D eigenvalue weighted by atomic mass is 10.1.